The minimum atomic E-state index is -3.78. The van der Waals surface area contributed by atoms with E-state index in [4.69, 9.17) is 34.1 Å². The summed E-state index contributed by atoms with van der Waals surface area (Å²) in [6.07, 6.45) is 0. The number of anilines is 1. The maximum atomic E-state index is 11.4. The van der Waals surface area contributed by atoms with Gasteiger partial charge in [-0.25, -0.2) is 13.6 Å². The van der Waals surface area contributed by atoms with Crippen LogP contribution >= 0.6 is 35.0 Å². The topological polar surface area (TPSA) is 86.2 Å². The minimum absolute atomic E-state index is 0.00708. The highest BCUT2D eigenvalue weighted by atomic mass is 35.5. The SMILES string of the molecule is Nc1ccc(S(N)(=O)=O)cc1Sc1cc(Cl)ccc1Cl. The summed E-state index contributed by atoms with van der Waals surface area (Å²) < 4.78 is 22.7. The summed E-state index contributed by atoms with van der Waals surface area (Å²) in [5, 5.41) is 6.12. The molecule has 0 radical (unpaired) electrons. The van der Waals surface area contributed by atoms with E-state index in [2.05, 4.69) is 0 Å². The fraction of sp³-hybridized carbons (Fsp3) is 0. The van der Waals surface area contributed by atoms with Crippen LogP contribution in [-0.4, -0.2) is 8.42 Å². The number of nitrogen functional groups attached to an aromatic ring is 1. The molecule has 2 rings (SSSR count). The molecule has 0 unspecified atom stereocenters. The summed E-state index contributed by atoms with van der Waals surface area (Å²) in [6.45, 7) is 0. The Labute approximate surface area is 131 Å². The molecule has 0 aliphatic carbocycles. The number of primary sulfonamides is 1. The Hall–Kier alpha value is -0.920. The second kappa shape index (κ2) is 5.83. The van der Waals surface area contributed by atoms with E-state index in [0.717, 1.165) is 0 Å². The lowest BCUT2D eigenvalue weighted by Gasteiger charge is -2.09. The smallest absolute Gasteiger partial charge is 0.238 e. The van der Waals surface area contributed by atoms with Crippen molar-refractivity contribution in [2.24, 2.45) is 5.14 Å². The monoisotopic (exact) mass is 348 g/mol. The van der Waals surface area contributed by atoms with Crippen LogP contribution in [0.2, 0.25) is 10.0 Å². The van der Waals surface area contributed by atoms with Crippen LogP contribution in [0.3, 0.4) is 0 Å². The van der Waals surface area contributed by atoms with Gasteiger partial charge in [0.05, 0.1) is 9.92 Å². The molecule has 4 nitrogen and oxygen atoms in total. The van der Waals surface area contributed by atoms with Gasteiger partial charge in [0.25, 0.3) is 0 Å². The van der Waals surface area contributed by atoms with Gasteiger partial charge in [0, 0.05) is 20.5 Å². The van der Waals surface area contributed by atoms with E-state index in [9.17, 15) is 8.42 Å². The lowest BCUT2D eigenvalue weighted by Crippen LogP contribution is -2.12. The van der Waals surface area contributed by atoms with E-state index in [1.54, 1.807) is 18.2 Å². The van der Waals surface area contributed by atoms with E-state index >= 15 is 0 Å². The number of nitrogens with two attached hydrogens (primary N) is 2. The van der Waals surface area contributed by atoms with Crippen LogP contribution in [0.25, 0.3) is 0 Å². The fourth-order valence-corrected chi connectivity index (χ4v) is 3.50. The largest absolute Gasteiger partial charge is 0.398 e. The van der Waals surface area contributed by atoms with Gasteiger partial charge in [0.2, 0.25) is 10.0 Å². The quantitative estimate of drug-likeness (QED) is 0.832. The lowest BCUT2D eigenvalue weighted by molar-refractivity contribution is 0.597. The third-order valence-electron chi connectivity index (χ3n) is 2.43. The summed E-state index contributed by atoms with van der Waals surface area (Å²) in [6, 6.07) is 9.25. The average Bonchev–Trinajstić information content (AvgIpc) is 2.35. The normalized spacial score (nSPS) is 11.6. The van der Waals surface area contributed by atoms with Crippen molar-refractivity contribution in [1.82, 2.24) is 0 Å². The van der Waals surface area contributed by atoms with Crippen LogP contribution < -0.4 is 10.9 Å². The van der Waals surface area contributed by atoms with Crippen molar-refractivity contribution in [2.75, 3.05) is 5.73 Å². The molecule has 0 bridgehead atoms. The second-order valence-corrected chi connectivity index (χ2v) is 7.41. The first-order chi connectivity index (χ1) is 9.27. The molecule has 0 aliphatic rings. The predicted molar refractivity (Wildman–Crippen MR) is 82.8 cm³/mol. The molecular weight excluding hydrogens is 339 g/mol. The molecule has 4 N–H and O–H groups in total. The predicted octanol–water partition coefficient (Wildman–Crippen LogP) is 3.37. The first-order valence-corrected chi connectivity index (χ1v) is 8.44. The van der Waals surface area contributed by atoms with Crippen LogP contribution in [0.15, 0.2) is 51.1 Å². The summed E-state index contributed by atoms with van der Waals surface area (Å²) in [7, 11) is -3.78. The van der Waals surface area contributed by atoms with Crippen LogP contribution in [0.4, 0.5) is 5.69 Å². The molecule has 20 heavy (non-hydrogen) atoms. The number of sulfonamides is 1. The average molecular weight is 349 g/mol. The van der Waals surface area contributed by atoms with Crippen LogP contribution in [0.5, 0.6) is 0 Å². The van der Waals surface area contributed by atoms with Gasteiger partial charge in [-0.3, -0.25) is 0 Å². The number of benzene rings is 2. The summed E-state index contributed by atoms with van der Waals surface area (Å²) in [4.78, 5) is 1.21. The highest BCUT2D eigenvalue weighted by molar-refractivity contribution is 7.99. The van der Waals surface area contributed by atoms with Gasteiger partial charge in [-0.1, -0.05) is 35.0 Å². The highest BCUT2D eigenvalue weighted by Gasteiger charge is 2.12. The van der Waals surface area contributed by atoms with Gasteiger partial charge >= 0.3 is 0 Å². The van der Waals surface area contributed by atoms with Crippen LogP contribution in [-0.2, 0) is 10.0 Å². The number of halogens is 2. The Bertz CT molecular complexity index is 764. The summed E-state index contributed by atoms with van der Waals surface area (Å²) in [5.41, 5.74) is 6.27. The van der Waals surface area contributed by atoms with Crippen molar-refractivity contribution < 1.29 is 8.42 Å². The molecule has 2 aromatic rings. The van der Waals surface area contributed by atoms with Crippen molar-refractivity contribution in [3.05, 3.63) is 46.4 Å². The number of hydrogen-bond donors (Lipinski definition) is 2. The van der Waals surface area contributed by atoms with E-state index in [1.807, 2.05) is 0 Å². The summed E-state index contributed by atoms with van der Waals surface area (Å²) >= 11 is 13.2. The van der Waals surface area contributed by atoms with Crippen molar-refractivity contribution in [1.29, 1.82) is 0 Å². The molecule has 0 aliphatic heterocycles. The Morgan fingerprint density at radius 2 is 1.70 bits per heavy atom. The Balaban J connectivity index is 2.45. The maximum absolute atomic E-state index is 11.4. The van der Waals surface area contributed by atoms with Crippen molar-refractivity contribution in [2.45, 2.75) is 14.7 Å². The van der Waals surface area contributed by atoms with Crippen molar-refractivity contribution in [3.63, 3.8) is 0 Å². The molecule has 0 saturated carbocycles. The molecule has 0 aromatic heterocycles. The van der Waals surface area contributed by atoms with Crippen molar-refractivity contribution >= 4 is 50.7 Å². The zero-order chi connectivity index (χ0) is 14.9. The zero-order valence-electron chi connectivity index (χ0n) is 10.0. The van der Waals surface area contributed by atoms with E-state index in [1.165, 1.54) is 30.0 Å². The zero-order valence-corrected chi connectivity index (χ0v) is 13.2. The second-order valence-electron chi connectivity index (χ2n) is 3.92. The Morgan fingerprint density at radius 3 is 2.35 bits per heavy atom. The Morgan fingerprint density at radius 1 is 1.00 bits per heavy atom. The molecule has 0 fully saturated rings. The molecule has 106 valence electrons. The molecule has 0 heterocycles. The van der Waals surface area contributed by atoms with E-state index in [-0.39, 0.29) is 4.90 Å². The third-order valence-corrected chi connectivity index (χ3v) is 5.15. The maximum Gasteiger partial charge on any atom is 0.238 e. The summed E-state index contributed by atoms with van der Waals surface area (Å²) in [5.74, 6) is 0. The third kappa shape index (κ3) is 3.59. The molecule has 8 heteroatoms. The first kappa shape index (κ1) is 15.5. The first-order valence-electron chi connectivity index (χ1n) is 5.32. The molecule has 0 amide bonds. The standard InChI is InChI=1S/C12H10Cl2N2O2S2/c13-7-1-3-9(14)11(5-7)19-12-6-8(20(16,17)18)2-4-10(12)15/h1-6H,15H2,(H2,16,17,18). The van der Waals surface area contributed by atoms with Gasteiger partial charge in [-0.15, -0.1) is 0 Å². The van der Waals surface area contributed by atoms with Gasteiger partial charge < -0.3 is 5.73 Å². The van der Waals surface area contributed by atoms with E-state index in [0.29, 0.717) is 25.5 Å². The lowest BCUT2D eigenvalue weighted by atomic mass is 10.3. The molecule has 0 atom stereocenters. The van der Waals surface area contributed by atoms with Crippen LogP contribution in [0.1, 0.15) is 0 Å². The number of hydrogen-bond acceptors (Lipinski definition) is 4. The van der Waals surface area contributed by atoms with Gasteiger partial charge in [-0.05, 0) is 36.4 Å². The van der Waals surface area contributed by atoms with Crippen LogP contribution in [0, 0.1) is 0 Å². The highest BCUT2D eigenvalue weighted by Crippen LogP contribution is 2.38. The van der Waals surface area contributed by atoms with Gasteiger partial charge in [0.15, 0.2) is 0 Å². The molecule has 0 spiro atoms. The molecular formula is C12H10Cl2N2O2S2. The fourth-order valence-electron chi connectivity index (χ4n) is 1.45. The Kier molecular flexibility index (Phi) is 4.51. The van der Waals surface area contributed by atoms with Crippen molar-refractivity contribution in [3.8, 4) is 0 Å². The van der Waals surface area contributed by atoms with Gasteiger partial charge in [0.1, 0.15) is 0 Å². The number of rotatable bonds is 3. The molecule has 2 aromatic carbocycles. The minimum Gasteiger partial charge on any atom is -0.398 e. The van der Waals surface area contributed by atoms with Gasteiger partial charge in [-0.2, -0.15) is 0 Å². The van der Waals surface area contributed by atoms with E-state index < -0.39 is 10.0 Å². The molecule has 0 saturated heterocycles.